The molecular weight excluding hydrogens is 292 g/mol. The molecule has 0 aliphatic carbocycles. The summed E-state index contributed by atoms with van der Waals surface area (Å²) >= 11 is 0. The van der Waals surface area contributed by atoms with Gasteiger partial charge in [0.2, 0.25) is 6.79 Å². The summed E-state index contributed by atoms with van der Waals surface area (Å²) in [6, 6.07) is 5.10. The van der Waals surface area contributed by atoms with Crippen molar-refractivity contribution in [2.24, 2.45) is 5.41 Å². The van der Waals surface area contributed by atoms with Crippen LogP contribution in [-0.4, -0.2) is 43.2 Å². The molecule has 0 amide bonds. The SMILES string of the molecule is [2H]C([2H])(c1c[nH]c2cccc(OCOC(=O)C(C)(C)C)c12)C([2H])([2H])N(C)C. The minimum absolute atomic E-state index is 0.133. The number of aromatic nitrogens is 1. The average Bonchev–Trinajstić information content (AvgIpc) is 2.99. The zero-order valence-corrected chi connectivity index (χ0v) is 14.2. The van der Waals surface area contributed by atoms with Crippen LogP contribution in [0.1, 0.15) is 31.8 Å². The Balaban J connectivity index is 2.38. The van der Waals surface area contributed by atoms with Crippen molar-refractivity contribution in [3.8, 4) is 5.75 Å². The molecule has 23 heavy (non-hydrogen) atoms. The van der Waals surface area contributed by atoms with Gasteiger partial charge >= 0.3 is 5.97 Å². The molecular formula is C18H26N2O3. The zero-order valence-electron chi connectivity index (χ0n) is 18.2. The number of aromatic amines is 1. The van der Waals surface area contributed by atoms with E-state index in [0.717, 1.165) is 0 Å². The van der Waals surface area contributed by atoms with Crippen LogP contribution in [0.2, 0.25) is 0 Å². The lowest BCUT2D eigenvalue weighted by Crippen LogP contribution is -2.24. The number of benzene rings is 1. The van der Waals surface area contributed by atoms with Crippen molar-refractivity contribution in [2.75, 3.05) is 27.4 Å². The number of carbonyl (C=O) groups excluding carboxylic acids is 1. The number of hydrogen-bond donors (Lipinski definition) is 1. The number of H-pyrrole nitrogens is 1. The van der Waals surface area contributed by atoms with Gasteiger partial charge in [-0.3, -0.25) is 4.79 Å². The van der Waals surface area contributed by atoms with Gasteiger partial charge in [0, 0.05) is 29.1 Å². The highest BCUT2D eigenvalue weighted by atomic mass is 16.7. The van der Waals surface area contributed by atoms with Crippen LogP contribution in [0.4, 0.5) is 0 Å². The molecule has 0 saturated carbocycles. The summed E-state index contributed by atoms with van der Waals surface area (Å²) in [5.74, 6) is -0.105. The molecule has 0 saturated heterocycles. The molecule has 5 heteroatoms. The summed E-state index contributed by atoms with van der Waals surface area (Å²) < 4.78 is 43.9. The van der Waals surface area contributed by atoms with Gasteiger partial charge < -0.3 is 19.4 Å². The average molecular weight is 322 g/mol. The number of hydrogen-bond acceptors (Lipinski definition) is 4. The standard InChI is InChI=1S/C18H26N2O3/c1-18(2,3)17(21)23-12-22-15-8-6-7-14-16(15)13(11-19-14)9-10-20(4)5/h6-8,11,19H,9-10,12H2,1-5H3/i9D2,10D2. The molecule has 0 radical (unpaired) electrons. The Morgan fingerprint density at radius 2 is 2.09 bits per heavy atom. The molecule has 0 bridgehead atoms. The highest BCUT2D eigenvalue weighted by Gasteiger charge is 2.23. The van der Waals surface area contributed by atoms with Crippen molar-refractivity contribution < 1.29 is 19.8 Å². The third-order valence-electron chi connectivity index (χ3n) is 3.10. The quantitative estimate of drug-likeness (QED) is 0.655. The lowest BCUT2D eigenvalue weighted by Gasteiger charge is -2.17. The molecule has 5 nitrogen and oxygen atoms in total. The van der Waals surface area contributed by atoms with Crippen LogP contribution in [0, 0.1) is 5.41 Å². The molecule has 0 spiro atoms. The van der Waals surface area contributed by atoms with Crippen molar-refractivity contribution in [3.63, 3.8) is 0 Å². The highest BCUT2D eigenvalue weighted by Crippen LogP contribution is 2.29. The molecule has 0 unspecified atom stereocenters. The van der Waals surface area contributed by atoms with E-state index in [2.05, 4.69) is 4.98 Å². The number of nitrogens with zero attached hydrogens (tertiary/aromatic N) is 1. The number of aryl methyl sites for hydroxylation is 1. The van der Waals surface area contributed by atoms with E-state index >= 15 is 0 Å². The Bertz CT molecular complexity index is 826. The maximum atomic E-state index is 11.9. The summed E-state index contributed by atoms with van der Waals surface area (Å²) in [4.78, 5) is 16.0. The molecule has 1 aromatic heterocycles. The van der Waals surface area contributed by atoms with Crippen LogP contribution in [0.25, 0.3) is 10.9 Å². The van der Waals surface area contributed by atoms with Crippen molar-refractivity contribution in [1.29, 1.82) is 0 Å². The van der Waals surface area contributed by atoms with Crippen LogP contribution in [0.3, 0.4) is 0 Å². The van der Waals surface area contributed by atoms with E-state index < -0.39 is 24.3 Å². The molecule has 0 fully saturated rings. The van der Waals surface area contributed by atoms with Gasteiger partial charge in [-0.25, -0.2) is 0 Å². The van der Waals surface area contributed by atoms with Gasteiger partial charge in [-0.05, 0) is 58.9 Å². The van der Waals surface area contributed by atoms with Crippen molar-refractivity contribution in [2.45, 2.75) is 27.1 Å². The summed E-state index contributed by atoms with van der Waals surface area (Å²) in [6.07, 6.45) is -0.879. The first-order valence-corrected chi connectivity index (χ1v) is 7.38. The number of nitrogens with one attached hydrogen (secondary N) is 1. The lowest BCUT2D eigenvalue weighted by molar-refractivity contribution is -0.159. The lowest BCUT2D eigenvalue weighted by atomic mass is 9.98. The number of rotatable bonds is 6. The number of ether oxygens (including phenoxy) is 2. The van der Waals surface area contributed by atoms with Gasteiger partial charge in [-0.1, -0.05) is 6.07 Å². The van der Waals surface area contributed by atoms with Crippen LogP contribution in [-0.2, 0) is 15.9 Å². The molecule has 0 atom stereocenters. The second kappa shape index (κ2) is 7.04. The van der Waals surface area contributed by atoms with E-state index in [1.807, 2.05) is 0 Å². The first-order valence-electron chi connectivity index (χ1n) is 9.38. The fourth-order valence-electron chi connectivity index (χ4n) is 1.91. The molecule has 1 aromatic carbocycles. The third-order valence-corrected chi connectivity index (χ3v) is 3.10. The molecule has 126 valence electrons. The van der Waals surface area contributed by atoms with Gasteiger partial charge in [0.25, 0.3) is 0 Å². The Labute approximate surface area is 143 Å². The number of esters is 1. The molecule has 2 aromatic rings. The van der Waals surface area contributed by atoms with E-state index in [0.29, 0.717) is 16.7 Å². The fraction of sp³-hybridized carbons (Fsp3) is 0.500. The zero-order chi connectivity index (χ0) is 20.6. The van der Waals surface area contributed by atoms with E-state index in [1.54, 1.807) is 39.0 Å². The second-order valence-electron chi connectivity index (χ2n) is 6.46. The first-order chi connectivity index (χ1) is 12.3. The smallest absolute Gasteiger partial charge is 0.314 e. The van der Waals surface area contributed by atoms with Crippen LogP contribution in [0.5, 0.6) is 5.75 Å². The van der Waals surface area contributed by atoms with E-state index in [-0.39, 0.29) is 12.4 Å². The number of carbonyl (C=O) groups is 1. The van der Waals surface area contributed by atoms with Crippen molar-refractivity contribution >= 4 is 16.9 Å². The minimum atomic E-state index is -2.32. The maximum Gasteiger partial charge on any atom is 0.314 e. The van der Waals surface area contributed by atoms with Crippen LogP contribution >= 0.6 is 0 Å². The number of fused-ring (bicyclic) bond motifs is 1. The van der Waals surface area contributed by atoms with Crippen molar-refractivity contribution in [3.05, 3.63) is 30.0 Å². The predicted molar refractivity (Wildman–Crippen MR) is 91.6 cm³/mol. The second-order valence-corrected chi connectivity index (χ2v) is 6.46. The van der Waals surface area contributed by atoms with Gasteiger partial charge in [-0.15, -0.1) is 0 Å². The highest BCUT2D eigenvalue weighted by molar-refractivity contribution is 5.89. The molecule has 1 heterocycles. The summed E-state index contributed by atoms with van der Waals surface area (Å²) in [5, 5.41) is 0.417. The van der Waals surface area contributed by atoms with Gasteiger partial charge in [-0.2, -0.15) is 0 Å². The van der Waals surface area contributed by atoms with E-state index in [4.69, 9.17) is 15.0 Å². The van der Waals surface area contributed by atoms with Gasteiger partial charge in [0.05, 0.1) is 5.41 Å². The third kappa shape index (κ3) is 4.48. The normalized spacial score (nSPS) is 15.7. The van der Waals surface area contributed by atoms with Crippen LogP contribution in [0.15, 0.2) is 24.4 Å². The monoisotopic (exact) mass is 322 g/mol. The molecule has 1 N–H and O–H groups in total. The van der Waals surface area contributed by atoms with Gasteiger partial charge in [0.1, 0.15) is 5.75 Å². The Hall–Kier alpha value is -2.01. The van der Waals surface area contributed by atoms with Crippen molar-refractivity contribution in [1.82, 2.24) is 9.88 Å². The summed E-state index contributed by atoms with van der Waals surface area (Å²) in [5.41, 5.74) is 0.0745. The van der Waals surface area contributed by atoms with Crippen LogP contribution < -0.4 is 4.74 Å². The first kappa shape index (κ1) is 12.4. The summed E-state index contributed by atoms with van der Waals surface area (Å²) in [6.45, 7) is 2.63. The topological polar surface area (TPSA) is 54.6 Å². The van der Waals surface area contributed by atoms with Gasteiger partial charge in [0.15, 0.2) is 0 Å². The predicted octanol–water partition coefficient (Wildman–Crippen LogP) is 3.20. The van der Waals surface area contributed by atoms with E-state index in [9.17, 15) is 4.79 Å². The molecule has 0 aliphatic rings. The Kier molecular flexibility index (Phi) is 3.80. The molecule has 2 rings (SSSR count). The molecule has 0 aliphatic heterocycles. The minimum Gasteiger partial charge on any atom is -0.457 e. The Morgan fingerprint density at radius 3 is 2.74 bits per heavy atom. The summed E-state index contributed by atoms with van der Waals surface area (Å²) in [7, 11) is 2.96. The Morgan fingerprint density at radius 1 is 1.35 bits per heavy atom. The van der Waals surface area contributed by atoms with E-state index in [1.165, 1.54) is 25.2 Å². The maximum absolute atomic E-state index is 11.9. The number of likely N-dealkylation sites (N-methyl/N-ethyl adjacent to an activating group) is 1. The largest absolute Gasteiger partial charge is 0.457 e. The fourth-order valence-corrected chi connectivity index (χ4v) is 1.91.